The van der Waals surface area contributed by atoms with Gasteiger partial charge < -0.3 is 14.7 Å². The lowest BCUT2D eigenvalue weighted by Gasteiger charge is -2.26. The van der Waals surface area contributed by atoms with Crippen LogP contribution in [0.2, 0.25) is 0 Å². The molecule has 4 rings (SSSR count). The lowest BCUT2D eigenvalue weighted by molar-refractivity contribution is -0.120. The predicted octanol–water partition coefficient (Wildman–Crippen LogP) is 2.73. The van der Waals surface area contributed by atoms with Crippen LogP contribution in [0.1, 0.15) is 21.1 Å². The molecule has 0 spiro atoms. The van der Waals surface area contributed by atoms with E-state index in [4.69, 9.17) is 4.74 Å². The maximum Gasteiger partial charge on any atom is 0.347 e. The second-order valence-electron chi connectivity index (χ2n) is 5.91. The fourth-order valence-electron chi connectivity index (χ4n) is 3.10. The van der Waals surface area contributed by atoms with Crippen LogP contribution in [-0.2, 0) is 4.79 Å². The molecule has 0 bridgehead atoms. The molecule has 0 saturated carbocycles. The molecule has 1 aliphatic rings. The van der Waals surface area contributed by atoms with E-state index in [0.29, 0.717) is 27.0 Å². The number of likely N-dealkylation sites (N-methyl/N-ethyl adjacent to an activating group) is 1. The highest BCUT2D eigenvalue weighted by Crippen LogP contribution is 2.37. The molecule has 128 valence electrons. The van der Waals surface area contributed by atoms with Crippen molar-refractivity contribution in [2.24, 2.45) is 0 Å². The summed E-state index contributed by atoms with van der Waals surface area (Å²) >= 11 is 1.15. The number of amides is 1. The molecule has 3 aromatic rings. The molecule has 0 saturated heterocycles. The zero-order valence-corrected chi connectivity index (χ0v) is 14.7. The number of aryl methyl sites for hydroxylation is 2. The molecule has 3 heterocycles. The Morgan fingerprint density at radius 2 is 2.08 bits per heavy atom. The minimum Gasteiger partial charge on any atom is -0.482 e. The van der Waals surface area contributed by atoms with Crippen LogP contribution in [0.3, 0.4) is 0 Å². The highest BCUT2D eigenvalue weighted by molar-refractivity contribution is 7.19. The first-order valence-corrected chi connectivity index (χ1v) is 8.45. The van der Waals surface area contributed by atoms with Crippen molar-refractivity contribution in [3.05, 3.63) is 34.5 Å². The molecule has 1 amide bonds. The zero-order valence-electron chi connectivity index (χ0n) is 13.9. The van der Waals surface area contributed by atoms with Crippen molar-refractivity contribution in [1.29, 1.82) is 0 Å². The Morgan fingerprint density at radius 1 is 1.32 bits per heavy atom. The molecule has 0 aliphatic carbocycles. The van der Waals surface area contributed by atoms with Gasteiger partial charge in [0.1, 0.15) is 10.6 Å². The molecule has 25 heavy (non-hydrogen) atoms. The van der Waals surface area contributed by atoms with Gasteiger partial charge in [-0.1, -0.05) is 11.3 Å². The van der Waals surface area contributed by atoms with Gasteiger partial charge in [0.25, 0.3) is 5.91 Å². The van der Waals surface area contributed by atoms with Gasteiger partial charge in [-0.2, -0.15) is 0 Å². The largest absolute Gasteiger partial charge is 0.482 e. The summed E-state index contributed by atoms with van der Waals surface area (Å²) in [6.07, 6.45) is 0. The molecular weight excluding hydrogens is 342 g/mol. The number of rotatable bonds is 2. The summed E-state index contributed by atoms with van der Waals surface area (Å²) in [4.78, 5) is 30.3. The molecule has 0 fully saturated rings. The number of carbonyl (C=O) groups is 2. The van der Waals surface area contributed by atoms with E-state index in [9.17, 15) is 14.7 Å². The Morgan fingerprint density at radius 3 is 2.76 bits per heavy atom. The van der Waals surface area contributed by atoms with Gasteiger partial charge in [0.2, 0.25) is 0 Å². The Balaban J connectivity index is 1.87. The number of aromatic nitrogens is 2. The minimum atomic E-state index is -0.944. The second kappa shape index (κ2) is 5.32. The third-order valence-electron chi connectivity index (χ3n) is 4.45. The van der Waals surface area contributed by atoms with E-state index >= 15 is 0 Å². The molecule has 0 radical (unpaired) electrons. The summed E-state index contributed by atoms with van der Waals surface area (Å²) in [6, 6.07) is 5.60. The van der Waals surface area contributed by atoms with Crippen LogP contribution in [0.15, 0.2) is 18.2 Å². The SMILES string of the molecule is Cc1c(-c2ccc3c(c2)N(C)C(=O)CO3)nc2sc(C(=O)O)c(C)n12. The Kier molecular flexibility index (Phi) is 3.33. The van der Waals surface area contributed by atoms with E-state index in [1.165, 1.54) is 0 Å². The molecule has 0 unspecified atom stereocenters. The Bertz CT molecular complexity index is 1050. The molecule has 1 N–H and O–H groups in total. The van der Waals surface area contributed by atoms with Crippen LogP contribution in [0.25, 0.3) is 16.2 Å². The summed E-state index contributed by atoms with van der Waals surface area (Å²) in [6.45, 7) is 3.73. The number of ether oxygens (including phenoxy) is 1. The van der Waals surface area contributed by atoms with Crippen molar-refractivity contribution in [2.75, 3.05) is 18.6 Å². The summed E-state index contributed by atoms with van der Waals surface area (Å²) < 4.78 is 7.31. The molecule has 1 aromatic carbocycles. The summed E-state index contributed by atoms with van der Waals surface area (Å²) in [7, 11) is 1.72. The highest BCUT2D eigenvalue weighted by Gasteiger charge is 2.24. The number of nitrogens with zero attached hydrogens (tertiary/aromatic N) is 3. The summed E-state index contributed by atoms with van der Waals surface area (Å²) in [5.41, 5.74) is 3.85. The number of hydrogen-bond donors (Lipinski definition) is 1. The highest BCUT2D eigenvalue weighted by atomic mass is 32.1. The molecule has 1 aliphatic heterocycles. The van der Waals surface area contributed by atoms with E-state index in [1.807, 2.05) is 29.5 Å². The molecule has 0 atom stereocenters. The molecule has 7 nitrogen and oxygen atoms in total. The average Bonchev–Trinajstić information content (AvgIpc) is 3.08. The number of fused-ring (bicyclic) bond motifs is 2. The fourth-order valence-corrected chi connectivity index (χ4v) is 4.11. The van der Waals surface area contributed by atoms with Crippen molar-refractivity contribution in [3.63, 3.8) is 0 Å². The van der Waals surface area contributed by atoms with Crippen LogP contribution in [-0.4, -0.2) is 40.0 Å². The number of anilines is 1. The zero-order chi connectivity index (χ0) is 17.9. The van der Waals surface area contributed by atoms with E-state index in [-0.39, 0.29) is 12.5 Å². The summed E-state index contributed by atoms with van der Waals surface area (Å²) in [5, 5.41) is 9.27. The first kappa shape index (κ1) is 15.6. The van der Waals surface area contributed by atoms with Crippen molar-refractivity contribution in [3.8, 4) is 17.0 Å². The van der Waals surface area contributed by atoms with Gasteiger partial charge in [-0.25, -0.2) is 9.78 Å². The second-order valence-corrected chi connectivity index (χ2v) is 6.89. The fraction of sp³-hybridized carbons (Fsp3) is 0.235. The number of aromatic carboxylic acids is 1. The molecule has 2 aromatic heterocycles. The van der Waals surface area contributed by atoms with Gasteiger partial charge in [-0.3, -0.25) is 9.20 Å². The lowest BCUT2D eigenvalue weighted by Crippen LogP contribution is -2.35. The maximum atomic E-state index is 11.8. The number of hydrogen-bond acceptors (Lipinski definition) is 5. The number of carboxylic acids is 1. The third kappa shape index (κ3) is 2.21. The van der Waals surface area contributed by atoms with Gasteiger partial charge in [0.05, 0.1) is 11.4 Å². The van der Waals surface area contributed by atoms with E-state index in [2.05, 4.69) is 4.98 Å². The number of carbonyl (C=O) groups excluding carboxylic acids is 1. The quantitative estimate of drug-likeness (QED) is 0.762. The van der Waals surface area contributed by atoms with Crippen LogP contribution < -0.4 is 9.64 Å². The van der Waals surface area contributed by atoms with E-state index in [0.717, 1.165) is 28.3 Å². The molecular formula is C17H15N3O4S. The Labute approximate surface area is 147 Å². The van der Waals surface area contributed by atoms with Crippen molar-refractivity contribution in [2.45, 2.75) is 13.8 Å². The molecule has 8 heteroatoms. The topological polar surface area (TPSA) is 84.1 Å². The van der Waals surface area contributed by atoms with Crippen molar-refractivity contribution >= 4 is 33.9 Å². The number of imidazole rings is 1. The van der Waals surface area contributed by atoms with Gasteiger partial charge in [0.15, 0.2) is 11.6 Å². The first-order valence-electron chi connectivity index (χ1n) is 7.64. The van der Waals surface area contributed by atoms with E-state index < -0.39 is 5.97 Å². The maximum absolute atomic E-state index is 11.8. The van der Waals surface area contributed by atoms with Crippen LogP contribution in [0.5, 0.6) is 5.75 Å². The third-order valence-corrected chi connectivity index (χ3v) is 5.58. The van der Waals surface area contributed by atoms with Crippen molar-refractivity contribution in [1.82, 2.24) is 9.38 Å². The van der Waals surface area contributed by atoms with E-state index in [1.54, 1.807) is 18.9 Å². The van der Waals surface area contributed by atoms with Gasteiger partial charge >= 0.3 is 5.97 Å². The van der Waals surface area contributed by atoms with Gasteiger partial charge in [-0.05, 0) is 32.0 Å². The Hall–Kier alpha value is -2.87. The number of benzene rings is 1. The normalized spacial score (nSPS) is 13.9. The minimum absolute atomic E-state index is 0.0409. The average molecular weight is 357 g/mol. The lowest BCUT2D eigenvalue weighted by atomic mass is 10.1. The first-order chi connectivity index (χ1) is 11.9. The van der Waals surface area contributed by atoms with Gasteiger partial charge in [-0.15, -0.1) is 0 Å². The van der Waals surface area contributed by atoms with Crippen molar-refractivity contribution < 1.29 is 19.4 Å². The monoisotopic (exact) mass is 357 g/mol. The number of thiazole rings is 1. The van der Waals surface area contributed by atoms with Crippen LogP contribution in [0.4, 0.5) is 5.69 Å². The van der Waals surface area contributed by atoms with Crippen LogP contribution in [0, 0.1) is 13.8 Å². The predicted molar refractivity (Wildman–Crippen MR) is 93.8 cm³/mol. The van der Waals surface area contributed by atoms with Crippen LogP contribution >= 0.6 is 11.3 Å². The number of carboxylic acid groups (broad SMARTS) is 1. The smallest absolute Gasteiger partial charge is 0.347 e. The summed E-state index contributed by atoms with van der Waals surface area (Å²) in [5.74, 6) is -0.386. The standard InChI is InChI=1S/C17H15N3O4S/c1-8-14(18-17-20(8)9(2)15(25-17)16(22)23)10-4-5-12-11(6-10)19(3)13(21)7-24-12/h4-6H,7H2,1-3H3,(H,22,23). The van der Waals surface area contributed by atoms with Gasteiger partial charge in [0, 0.05) is 24.0 Å².